The van der Waals surface area contributed by atoms with Gasteiger partial charge >= 0.3 is 0 Å². The van der Waals surface area contributed by atoms with Crippen molar-refractivity contribution in [2.45, 2.75) is 26.4 Å². The van der Waals surface area contributed by atoms with Crippen LogP contribution in [0.4, 0.5) is 15.8 Å². The number of hydrogen-bond acceptors (Lipinski definition) is 3. The average Bonchev–Trinajstić information content (AvgIpc) is 2.11. The van der Waals surface area contributed by atoms with Gasteiger partial charge in [0, 0.05) is 24.5 Å². The van der Waals surface area contributed by atoms with E-state index in [2.05, 4.69) is 0 Å². The molecule has 0 aliphatic heterocycles. The predicted octanol–water partition coefficient (Wildman–Crippen LogP) is 2.01. The van der Waals surface area contributed by atoms with Crippen LogP contribution < -0.4 is 10.6 Å². The van der Waals surface area contributed by atoms with E-state index in [0.717, 1.165) is 0 Å². The molecule has 0 saturated carbocycles. The van der Waals surface area contributed by atoms with Crippen LogP contribution in [-0.2, 0) is 0 Å². The van der Waals surface area contributed by atoms with Gasteiger partial charge in [-0.3, -0.25) is 0 Å². The number of hydrogen-bond donors (Lipinski definition) is 2. The molecule has 3 N–H and O–H groups in total. The molecule has 0 fully saturated rings. The number of nitrogens with zero attached hydrogens (tertiary/aromatic N) is 1. The van der Waals surface area contributed by atoms with E-state index in [9.17, 15) is 9.50 Å². The Kier molecular flexibility index (Phi) is 3.75. The van der Waals surface area contributed by atoms with Crippen molar-refractivity contribution in [2.24, 2.45) is 0 Å². The van der Waals surface area contributed by atoms with E-state index in [4.69, 9.17) is 5.73 Å². The summed E-state index contributed by atoms with van der Waals surface area (Å²) >= 11 is 0. The summed E-state index contributed by atoms with van der Waals surface area (Å²) in [5.41, 5.74) is 5.85. The quantitative estimate of drug-likeness (QED) is 0.772. The SMILES string of the molecule is CCN(CC(C)(C)O)c1cc(N)cc(F)c1. The maximum absolute atomic E-state index is 13.2. The highest BCUT2D eigenvalue weighted by molar-refractivity contribution is 5.56. The molecule has 0 atom stereocenters. The van der Waals surface area contributed by atoms with Gasteiger partial charge in [-0.1, -0.05) is 0 Å². The van der Waals surface area contributed by atoms with Crippen molar-refractivity contribution in [1.82, 2.24) is 0 Å². The average molecular weight is 226 g/mol. The standard InChI is InChI=1S/C12H19FN2O/c1-4-15(8-12(2,3)16)11-6-9(13)5-10(14)7-11/h5-7,16H,4,8,14H2,1-3H3. The maximum atomic E-state index is 13.2. The summed E-state index contributed by atoms with van der Waals surface area (Å²) in [5, 5.41) is 9.75. The number of benzene rings is 1. The van der Waals surface area contributed by atoms with Crippen molar-refractivity contribution in [3.8, 4) is 0 Å². The molecule has 3 nitrogen and oxygen atoms in total. The highest BCUT2D eigenvalue weighted by Crippen LogP contribution is 2.21. The number of rotatable bonds is 4. The molecule has 1 rings (SSSR count). The molecule has 4 heteroatoms. The largest absolute Gasteiger partial charge is 0.399 e. The Hall–Kier alpha value is -1.29. The lowest BCUT2D eigenvalue weighted by Crippen LogP contribution is -2.38. The molecule has 16 heavy (non-hydrogen) atoms. The van der Waals surface area contributed by atoms with E-state index in [-0.39, 0.29) is 5.82 Å². The summed E-state index contributed by atoms with van der Waals surface area (Å²) in [7, 11) is 0. The Balaban J connectivity index is 2.95. The van der Waals surface area contributed by atoms with Crippen LogP contribution in [0.5, 0.6) is 0 Å². The van der Waals surface area contributed by atoms with Crippen LogP contribution >= 0.6 is 0 Å². The van der Waals surface area contributed by atoms with Crippen molar-refractivity contribution in [3.63, 3.8) is 0 Å². The van der Waals surface area contributed by atoms with E-state index in [0.29, 0.717) is 24.5 Å². The van der Waals surface area contributed by atoms with Gasteiger partial charge in [-0.2, -0.15) is 0 Å². The smallest absolute Gasteiger partial charge is 0.127 e. The Bertz CT molecular complexity index is 340. The molecular weight excluding hydrogens is 207 g/mol. The van der Waals surface area contributed by atoms with Crippen molar-refractivity contribution in [2.75, 3.05) is 23.7 Å². The molecule has 1 aromatic rings. The van der Waals surface area contributed by atoms with Crippen molar-refractivity contribution in [1.29, 1.82) is 0 Å². The lowest BCUT2D eigenvalue weighted by Gasteiger charge is -2.30. The minimum absolute atomic E-state index is 0.357. The Morgan fingerprint density at radius 3 is 2.44 bits per heavy atom. The Morgan fingerprint density at radius 2 is 2.00 bits per heavy atom. The third-order valence-electron chi connectivity index (χ3n) is 2.23. The fourth-order valence-electron chi connectivity index (χ4n) is 1.63. The van der Waals surface area contributed by atoms with Gasteiger partial charge in [0.15, 0.2) is 0 Å². The summed E-state index contributed by atoms with van der Waals surface area (Å²) in [6, 6.07) is 4.41. The molecular formula is C12H19FN2O. The van der Waals surface area contributed by atoms with E-state index in [1.165, 1.54) is 12.1 Å². The molecule has 0 heterocycles. The van der Waals surface area contributed by atoms with Gasteiger partial charge in [0.05, 0.1) is 5.60 Å². The fourth-order valence-corrected chi connectivity index (χ4v) is 1.63. The summed E-state index contributed by atoms with van der Waals surface area (Å²) in [4.78, 5) is 1.89. The lowest BCUT2D eigenvalue weighted by atomic mass is 10.1. The first-order valence-electron chi connectivity index (χ1n) is 5.35. The number of nitrogens with two attached hydrogens (primary N) is 1. The molecule has 0 spiro atoms. The van der Waals surface area contributed by atoms with Crippen LogP contribution in [0.1, 0.15) is 20.8 Å². The van der Waals surface area contributed by atoms with Gasteiger partial charge < -0.3 is 15.7 Å². The summed E-state index contributed by atoms with van der Waals surface area (Å²) in [6.45, 7) is 6.52. The van der Waals surface area contributed by atoms with Gasteiger partial charge in [0.1, 0.15) is 5.82 Å². The van der Waals surface area contributed by atoms with Gasteiger partial charge in [0.2, 0.25) is 0 Å². The monoisotopic (exact) mass is 226 g/mol. The highest BCUT2D eigenvalue weighted by atomic mass is 19.1. The highest BCUT2D eigenvalue weighted by Gasteiger charge is 2.18. The zero-order valence-electron chi connectivity index (χ0n) is 10.00. The van der Waals surface area contributed by atoms with Gasteiger partial charge in [-0.25, -0.2) is 4.39 Å². The van der Waals surface area contributed by atoms with Crippen LogP contribution in [0.2, 0.25) is 0 Å². The van der Waals surface area contributed by atoms with E-state index >= 15 is 0 Å². The van der Waals surface area contributed by atoms with Crippen molar-refractivity contribution >= 4 is 11.4 Å². The molecule has 0 bridgehead atoms. The number of anilines is 2. The normalized spacial score (nSPS) is 11.6. The molecule has 0 aliphatic carbocycles. The fraction of sp³-hybridized carbons (Fsp3) is 0.500. The van der Waals surface area contributed by atoms with Crippen LogP contribution in [0.25, 0.3) is 0 Å². The first-order chi connectivity index (χ1) is 7.31. The van der Waals surface area contributed by atoms with Crippen LogP contribution in [0.3, 0.4) is 0 Å². The van der Waals surface area contributed by atoms with E-state index < -0.39 is 5.60 Å². The van der Waals surface area contributed by atoms with Crippen LogP contribution in [0, 0.1) is 5.82 Å². The van der Waals surface area contributed by atoms with Gasteiger partial charge in [0.25, 0.3) is 0 Å². The third-order valence-corrected chi connectivity index (χ3v) is 2.23. The molecule has 1 aromatic carbocycles. The minimum atomic E-state index is -0.822. The van der Waals surface area contributed by atoms with Crippen LogP contribution in [-0.4, -0.2) is 23.8 Å². The molecule has 0 radical (unpaired) electrons. The van der Waals surface area contributed by atoms with E-state index in [1.54, 1.807) is 19.9 Å². The number of halogens is 1. The molecule has 0 aliphatic rings. The molecule has 0 unspecified atom stereocenters. The predicted molar refractivity (Wildman–Crippen MR) is 65.0 cm³/mol. The Labute approximate surface area is 95.7 Å². The summed E-state index contributed by atoms with van der Waals surface area (Å²) in [5.74, 6) is -0.357. The van der Waals surface area contributed by atoms with Gasteiger partial charge in [-0.15, -0.1) is 0 Å². The third kappa shape index (κ3) is 3.70. The number of aliphatic hydroxyl groups is 1. The first-order valence-corrected chi connectivity index (χ1v) is 5.35. The number of likely N-dealkylation sites (N-methyl/N-ethyl adjacent to an activating group) is 1. The second kappa shape index (κ2) is 4.70. The van der Waals surface area contributed by atoms with Gasteiger partial charge in [-0.05, 0) is 39.0 Å². The Morgan fingerprint density at radius 1 is 1.38 bits per heavy atom. The summed E-state index contributed by atoms with van der Waals surface area (Å²) in [6.07, 6.45) is 0. The lowest BCUT2D eigenvalue weighted by molar-refractivity contribution is 0.0876. The zero-order chi connectivity index (χ0) is 12.3. The van der Waals surface area contributed by atoms with E-state index in [1.807, 2.05) is 11.8 Å². The minimum Gasteiger partial charge on any atom is -0.399 e. The topological polar surface area (TPSA) is 49.5 Å². The molecule has 0 saturated heterocycles. The molecule has 0 amide bonds. The molecule has 90 valence electrons. The second-order valence-electron chi connectivity index (χ2n) is 4.57. The zero-order valence-corrected chi connectivity index (χ0v) is 10.00. The number of nitrogen functional groups attached to an aromatic ring is 1. The van der Waals surface area contributed by atoms with Crippen molar-refractivity contribution < 1.29 is 9.50 Å². The maximum Gasteiger partial charge on any atom is 0.127 e. The van der Waals surface area contributed by atoms with Crippen molar-refractivity contribution in [3.05, 3.63) is 24.0 Å². The summed E-state index contributed by atoms with van der Waals surface area (Å²) < 4.78 is 13.2. The first kappa shape index (κ1) is 12.8. The van der Waals surface area contributed by atoms with Crippen LogP contribution in [0.15, 0.2) is 18.2 Å². The molecule has 0 aromatic heterocycles. The second-order valence-corrected chi connectivity index (χ2v) is 4.57.